The standard InChI is InChI=1S/C18H17N5O3S/c1-11-9-13(7-8-20-11)22-18(24)16-17(19)21-10-15(23-16)12-3-5-14(6-4-12)27(2,25)26/h3-10H,1-2H3,(H2,19,21)(H,20,22,24). The maximum atomic E-state index is 12.5. The van der Waals surface area contributed by atoms with E-state index in [0.717, 1.165) is 11.9 Å². The van der Waals surface area contributed by atoms with Crippen molar-refractivity contribution in [2.45, 2.75) is 11.8 Å². The number of nitrogen functional groups attached to an aromatic ring is 1. The van der Waals surface area contributed by atoms with Crippen molar-refractivity contribution in [1.29, 1.82) is 0 Å². The number of nitrogens with two attached hydrogens (primary N) is 1. The molecule has 1 amide bonds. The highest BCUT2D eigenvalue weighted by molar-refractivity contribution is 7.90. The van der Waals surface area contributed by atoms with Crippen LogP contribution >= 0.6 is 0 Å². The molecule has 1 aromatic carbocycles. The summed E-state index contributed by atoms with van der Waals surface area (Å²) in [7, 11) is -3.29. The van der Waals surface area contributed by atoms with Crippen molar-refractivity contribution in [3.8, 4) is 11.3 Å². The van der Waals surface area contributed by atoms with Crippen LogP contribution in [0.1, 0.15) is 16.2 Å². The van der Waals surface area contributed by atoms with E-state index in [4.69, 9.17) is 5.73 Å². The van der Waals surface area contributed by atoms with Crippen LogP contribution in [0.4, 0.5) is 11.5 Å². The van der Waals surface area contributed by atoms with Gasteiger partial charge in [0.2, 0.25) is 0 Å². The molecule has 0 radical (unpaired) electrons. The van der Waals surface area contributed by atoms with E-state index in [1.54, 1.807) is 30.5 Å². The lowest BCUT2D eigenvalue weighted by atomic mass is 10.1. The van der Waals surface area contributed by atoms with Gasteiger partial charge in [-0.2, -0.15) is 0 Å². The van der Waals surface area contributed by atoms with Crippen LogP contribution in [0.15, 0.2) is 53.7 Å². The number of carbonyl (C=O) groups is 1. The number of nitrogens with one attached hydrogen (secondary N) is 1. The number of amides is 1. The van der Waals surface area contributed by atoms with Gasteiger partial charge in [-0.15, -0.1) is 0 Å². The summed E-state index contributed by atoms with van der Waals surface area (Å²) in [4.78, 5) is 25.1. The number of pyridine rings is 1. The Labute approximate surface area is 156 Å². The van der Waals surface area contributed by atoms with E-state index < -0.39 is 15.7 Å². The minimum Gasteiger partial charge on any atom is -0.382 e. The second-order valence-corrected chi connectivity index (χ2v) is 7.94. The second-order valence-electron chi connectivity index (χ2n) is 5.93. The van der Waals surface area contributed by atoms with Crippen LogP contribution in [0.3, 0.4) is 0 Å². The van der Waals surface area contributed by atoms with Crippen LogP contribution in [0.2, 0.25) is 0 Å². The molecule has 0 unspecified atom stereocenters. The first-order valence-electron chi connectivity index (χ1n) is 7.91. The molecule has 2 aromatic heterocycles. The maximum absolute atomic E-state index is 12.5. The van der Waals surface area contributed by atoms with Crippen molar-refractivity contribution < 1.29 is 13.2 Å². The van der Waals surface area contributed by atoms with E-state index in [1.807, 2.05) is 6.92 Å². The molecule has 0 spiro atoms. The van der Waals surface area contributed by atoms with Crippen molar-refractivity contribution in [2.75, 3.05) is 17.3 Å². The molecule has 0 aliphatic heterocycles. The molecule has 138 valence electrons. The Balaban J connectivity index is 1.91. The fraction of sp³-hybridized carbons (Fsp3) is 0.111. The molecule has 0 saturated heterocycles. The Bertz CT molecular complexity index is 1110. The second kappa shape index (κ2) is 7.12. The lowest BCUT2D eigenvalue weighted by Crippen LogP contribution is -2.17. The number of benzene rings is 1. The van der Waals surface area contributed by atoms with Gasteiger partial charge in [0.25, 0.3) is 5.91 Å². The summed E-state index contributed by atoms with van der Waals surface area (Å²) in [6.07, 6.45) is 4.15. The minimum atomic E-state index is -3.29. The van der Waals surface area contributed by atoms with Crippen molar-refractivity contribution in [3.63, 3.8) is 0 Å². The van der Waals surface area contributed by atoms with Crippen LogP contribution in [0.25, 0.3) is 11.3 Å². The Morgan fingerprint density at radius 2 is 1.81 bits per heavy atom. The Hall–Kier alpha value is -3.33. The van der Waals surface area contributed by atoms with Crippen molar-refractivity contribution in [2.24, 2.45) is 0 Å². The molecule has 3 N–H and O–H groups in total. The smallest absolute Gasteiger partial charge is 0.278 e. The van der Waals surface area contributed by atoms with E-state index in [9.17, 15) is 13.2 Å². The zero-order valence-corrected chi connectivity index (χ0v) is 15.5. The number of rotatable bonds is 4. The predicted molar refractivity (Wildman–Crippen MR) is 102 cm³/mol. The molecule has 0 bridgehead atoms. The Morgan fingerprint density at radius 3 is 2.44 bits per heavy atom. The SMILES string of the molecule is Cc1cc(NC(=O)c2nc(-c3ccc(S(C)(=O)=O)cc3)cnc2N)ccn1. The summed E-state index contributed by atoms with van der Waals surface area (Å²) >= 11 is 0. The normalized spacial score (nSPS) is 11.2. The number of aryl methyl sites for hydroxylation is 1. The molecule has 3 rings (SSSR count). The Kier molecular flexibility index (Phi) is 4.87. The molecular formula is C18H17N5O3S. The van der Waals surface area contributed by atoms with Gasteiger partial charge in [0.05, 0.1) is 16.8 Å². The molecule has 3 aromatic rings. The average Bonchev–Trinajstić information content (AvgIpc) is 2.61. The number of hydrogen-bond acceptors (Lipinski definition) is 7. The van der Waals surface area contributed by atoms with Gasteiger partial charge in [0, 0.05) is 29.4 Å². The molecule has 0 atom stereocenters. The highest BCUT2D eigenvalue weighted by Gasteiger charge is 2.16. The third-order valence-electron chi connectivity index (χ3n) is 3.75. The zero-order chi connectivity index (χ0) is 19.6. The number of sulfone groups is 1. The highest BCUT2D eigenvalue weighted by Crippen LogP contribution is 2.21. The van der Waals surface area contributed by atoms with E-state index in [-0.39, 0.29) is 16.4 Å². The van der Waals surface area contributed by atoms with Gasteiger partial charge in [-0.25, -0.2) is 18.4 Å². The molecule has 0 aliphatic carbocycles. The monoisotopic (exact) mass is 383 g/mol. The van der Waals surface area contributed by atoms with Gasteiger partial charge in [-0.05, 0) is 31.2 Å². The van der Waals surface area contributed by atoms with Crippen molar-refractivity contribution >= 4 is 27.2 Å². The van der Waals surface area contributed by atoms with Gasteiger partial charge in [-0.1, -0.05) is 12.1 Å². The first-order chi connectivity index (χ1) is 12.7. The summed E-state index contributed by atoms with van der Waals surface area (Å²) < 4.78 is 23.1. The van der Waals surface area contributed by atoms with E-state index in [1.165, 1.54) is 18.3 Å². The topological polar surface area (TPSA) is 128 Å². The molecule has 8 nitrogen and oxygen atoms in total. The van der Waals surface area contributed by atoms with Gasteiger partial charge in [0.1, 0.15) is 0 Å². The van der Waals surface area contributed by atoms with Crippen LogP contribution < -0.4 is 11.1 Å². The maximum Gasteiger partial charge on any atom is 0.278 e. The van der Waals surface area contributed by atoms with E-state index in [2.05, 4.69) is 20.3 Å². The summed E-state index contributed by atoms with van der Waals surface area (Å²) in [5.41, 5.74) is 8.13. The largest absolute Gasteiger partial charge is 0.382 e. The average molecular weight is 383 g/mol. The number of carbonyl (C=O) groups excluding carboxylic acids is 1. The lowest BCUT2D eigenvalue weighted by molar-refractivity contribution is 0.102. The first kappa shape index (κ1) is 18.5. The fourth-order valence-corrected chi connectivity index (χ4v) is 3.02. The first-order valence-corrected chi connectivity index (χ1v) is 9.80. The van der Waals surface area contributed by atoms with Crippen LogP contribution in [0.5, 0.6) is 0 Å². The number of aromatic nitrogens is 3. The van der Waals surface area contributed by atoms with E-state index >= 15 is 0 Å². The summed E-state index contributed by atoms with van der Waals surface area (Å²) in [5.74, 6) is -0.505. The minimum absolute atomic E-state index is 0.00483. The Morgan fingerprint density at radius 1 is 1.11 bits per heavy atom. The van der Waals surface area contributed by atoms with Crippen LogP contribution in [0, 0.1) is 6.92 Å². The predicted octanol–water partition coefficient (Wildman–Crippen LogP) is 2.09. The van der Waals surface area contributed by atoms with Crippen molar-refractivity contribution in [1.82, 2.24) is 15.0 Å². The van der Waals surface area contributed by atoms with Crippen molar-refractivity contribution in [3.05, 3.63) is 60.2 Å². The third kappa shape index (κ3) is 4.26. The van der Waals surface area contributed by atoms with Gasteiger partial charge in [0.15, 0.2) is 21.3 Å². The number of anilines is 2. The van der Waals surface area contributed by atoms with E-state index in [0.29, 0.717) is 16.9 Å². The molecule has 0 fully saturated rings. The number of hydrogen-bond donors (Lipinski definition) is 2. The lowest BCUT2D eigenvalue weighted by Gasteiger charge is -2.09. The molecular weight excluding hydrogens is 366 g/mol. The number of nitrogens with zero attached hydrogens (tertiary/aromatic N) is 3. The molecule has 27 heavy (non-hydrogen) atoms. The van der Waals surface area contributed by atoms with Gasteiger partial charge < -0.3 is 11.1 Å². The molecule has 0 saturated carbocycles. The molecule has 0 aliphatic rings. The van der Waals surface area contributed by atoms with Gasteiger partial charge in [-0.3, -0.25) is 9.78 Å². The third-order valence-corrected chi connectivity index (χ3v) is 4.88. The highest BCUT2D eigenvalue weighted by atomic mass is 32.2. The van der Waals surface area contributed by atoms with Gasteiger partial charge >= 0.3 is 0 Å². The zero-order valence-electron chi connectivity index (χ0n) is 14.7. The molecule has 2 heterocycles. The summed E-state index contributed by atoms with van der Waals surface area (Å²) in [6, 6.07) is 9.52. The molecule has 9 heteroatoms. The summed E-state index contributed by atoms with van der Waals surface area (Å²) in [5, 5.41) is 2.71. The van der Waals surface area contributed by atoms with Crippen LogP contribution in [-0.2, 0) is 9.84 Å². The van der Waals surface area contributed by atoms with Crippen LogP contribution in [-0.4, -0.2) is 35.5 Å². The fourth-order valence-electron chi connectivity index (χ4n) is 2.39. The summed E-state index contributed by atoms with van der Waals surface area (Å²) in [6.45, 7) is 1.81. The quantitative estimate of drug-likeness (QED) is 0.706.